The molecule has 11 heteroatoms. The number of carbonyl (C=O) groups excluding carboxylic acids is 1. The van der Waals surface area contributed by atoms with E-state index in [0.29, 0.717) is 61.4 Å². The number of nitrogens with two attached hydrogens (primary N) is 1. The van der Waals surface area contributed by atoms with E-state index >= 15 is 0 Å². The number of anilines is 2. The number of nitrogens with zero attached hydrogens (tertiary/aromatic N) is 3. The summed E-state index contributed by atoms with van der Waals surface area (Å²) in [4.78, 5) is 20.2. The number of nitriles is 1. The highest BCUT2D eigenvalue weighted by atomic mass is 35.5. The van der Waals surface area contributed by atoms with E-state index in [-0.39, 0.29) is 12.0 Å². The highest BCUT2D eigenvalue weighted by Gasteiger charge is 2.33. The number of ether oxygens (including phenoxy) is 3. The number of hydrogen-bond donors (Lipinski definition) is 3. The zero-order valence-corrected chi connectivity index (χ0v) is 26.7. The van der Waals surface area contributed by atoms with E-state index in [0.717, 1.165) is 18.4 Å². The van der Waals surface area contributed by atoms with Crippen molar-refractivity contribution in [3.8, 4) is 17.3 Å². The number of halogens is 1. The Labute approximate surface area is 261 Å². The van der Waals surface area contributed by atoms with Gasteiger partial charge in [-0.3, -0.25) is 0 Å². The molecule has 43 heavy (non-hydrogen) atoms. The molecule has 2 aliphatic rings. The molecule has 1 aliphatic carbocycles. The minimum Gasteiger partial charge on any atom is -0.464 e. The average molecular weight is 615 g/mol. The first-order valence-electron chi connectivity index (χ1n) is 15.3. The second kappa shape index (κ2) is 16.8. The summed E-state index contributed by atoms with van der Waals surface area (Å²) in [6, 6.07) is 10.6. The van der Waals surface area contributed by atoms with Gasteiger partial charge in [-0.1, -0.05) is 36.9 Å². The van der Waals surface area contributed by atoms with Crippen molar-refractivity contribution in [1.82, 2.24) is 15.3 Å². The Morgan fingerprint density at radius 3 is 2.67 bits per heavy atom. The van der Waals surface area contributed by atoms with Crippen LogP contribution >= 0.6 is 11.6 Å². The molecule has 1 unspecified atom stereocenters. The number of pyridine rings is 2. The van der Waals surface area contributed by atoms with Crippen LogP contribution in [0.3, 0.4) is 0 Å². The predicted octanol–water partition coefficient (Wildman–Crippen LogP) is 5.77. The Bertz CT molecular complexity index is 1210. The Morgan fingerprint density at radius 1 is 1.28 bits per heavy atom. The molecule has 10 nitrogen and oxygen atoms in total. The van der Waals surface area contributed by atoms with E-state index in [1.165, 1.54) is 38.3 Å². The Hall–Kier alpha value is -2.97. The lowest BCUT2D eigenvalue weighted by molar-refractivity contribution is -0.168. The molecule has 0 amide bonds. The van der Waals surface area contributed by atoms with Gasteiger partial charge in [0.2, 0.25) is 0 Å². The molecular weight excluding hydrogens is 568 g/mol. The van der Waals surface area contributed by atoms with Gasteiger partial charge in [0.05, 0.1) is 35.4 Å². The Morgan fingerprint density at radius 2 is 2.00 bits per heavy atom. The third-order valence-corrected chi connectivity index (χ3v) is 8.08. The van der Waals surface area contributed by atoms with Crippen molar-refractivity contribution in [1.29, 1.82) is 5.26 Å². The number of nitrogens with one attached hydrogen (secondary N) is 2. The highest BCUT2D eigenvalue weighted by Crippen LogP contribution is 2.31. The summed E-state index contributed by atoms with van der Waals surface area (Å²) < 4.78 is 16.1. The summed E-state index contributed by atoms with van der Waals surface area (Å²) in [5, 5.41) is 16.9. The standard InChI is InChI=1S/C17H18ClN5O.C15H29NO3/c18-13-9-21-15(20)8-12(13)14-2-1-3-16(23-14)22-11-17(10-19)4-6-24-7-5-17;1-5-18-14(17)15(3,4)19-11-12(2)16-13-9-7-6-8-10-13/h1-3,8-9H,4-7,11H2,(H2,20,21)(H,22,23);12-13,16H,5-11H2,1-4H3. The van der Waals surface area contributed by atoms with Gasteiger partial charge in [0.25, 0.3) is 0 Å². The van der Waals surface area contributed by atoms with Crippen LogP contribution in [0.2, 0.25) is 5.02 Å². The van der Waals surface area contributed by atoms with E-state index in [2.05, 4.69) is 33.6 Å². The highest BCUT2D eigenvalue weighted by molar-refractivity contribution is 6.33. The second-order valence-corrected chi connectivity index (χ2v) is 12.2. The maximum Gasteiger partial charge on any atom is 0.337 e. The van der Waals surface area contributed by atoms with Crippen LogP contribution in [0.15, 0.2) is 30.5 Å². The van der Waals surface area contributed by atoms with Crippen molar-refractivity contribution in [2.24, 2.45) is 5.41 Å². The summed E-state index contributed by atoms with van der Waals surface area (Å²) in [6.07, 6.45) is 9.47. The molecule has 0 bridgehead atoms. The minimum atomic E-state index is -0.863. The normalized spacial score (nSPS) is 17.6. The summed E-state index contributed by atoms with van der Waals surface area (Å²) in [5.41, 5.74) is 5.90. The molecule has 0 aromatic carbocycles. The molecule has 236 valence electrons. The van der Waals surface area contributed by atoms with Crippen LogP contribution in [0.5, 0.6) is 0 Å². The Kier molecular flexibility index (Phi) is 13.5. The number of carbonyl (C=O) groups is 1. The van der Waals surface area contributed by atoms with E-state index in [1.807, 2.05) is 18.2 Å². The van der Waals surface area contributed by atoms with Crippen molar-refractivity contribution in [2.45, 2.75) is 90.3 Å². The molecule has 1 saturated carbocycles. The second-order valence-electron chi connectivity index (χ2n) is 11.8. The molecular formula is C32H47ClN6O4. The summed E-state index contributed by atoms with van der Waals surface area (Å²) in [7, 11) is 0. The summed E-state index contributed by atoms with van der Waals surface area (Å²) in [5.74, 6) is 0.792. The van der Waals surface area contributed by atoms with Gasteiger partial charge in [-0.15, -0.1) is 0 Å². The SMILES string of the molecule is CCOC(=O)C(C)(C)OCC(C)NC1CCCCC1.N#CC1(CNc2cccc(-c3cc(N)ncc3Cl)n2)CCOCC1. The van der Waals surface area contributed by atoms with Crippen LogP contribution in [0, 0.1) is 16.7 Å². The minimum absolute atomic E-state index is 0.261. The van der Waals surface area contributed by atoms with Crippen LogP contribution in [0.4, 0.5) is 11.6 Å². The lowest BCUT2D eigenvalue weighted by atomic mass is 9.82. The van der Waals surface area contributed by atoms with Crippen molar-refractivity contribution in [3.05, 3.63) is 35.5 Å². The first kappa shape index (κ1) is 34.5. The molecule has 1 saturated heterocycles. The summed E-state index contributed by atoms with van der Waals surface area (Å²) in [6.45, 7) is 10.1. The summed E-state index contributed by atoms with van der Waals surface area (Å²) >= 11 is 6.19. The van der Waals surface area contributed by atoms with Crippen molar-refractivity contribution in [3.63, 3.8) is 0 Å². The maximum absolute atomic E-state index is 11.7. The molecule has 2 fully saturated rings. The third-order valence-electron chi connectivity index (χ3n) is 7.78. The van der Waals surface area contributed by atoms with Crippen LogP contribution in [0.1, 0.15) is 72.6 Å². The largest absolute Gasteiger partial charge is 0.464 e. The monoisotopic (exact) mass is 614 g/mol. The van der Waals surface area contributed by atoms with Gasteiger partial charge in [-0.2, -0.15) is 5.26 Å². The molecule has 1 aliphatic heterocycles. The molecule has 2 aromatic heterocycles. The first-order valence-corrected chi connectivity index (χ1v) is 15.6. The molecule has 4 N–H and O–H groups in total. The fourth-order valence-electron chi connectivity index (χ4n) is 5.10. The van der Waals surface area contributed by atoms with Crippen LogP contribution in [0.25, 0.3) is 11.3 Å². The fraction of sp³-hybridized carbons (Fsp3) is 0.625. The zero-order valence-electron chi connectivity index (χ0n) is 26.0. The number of aromatic nitrogens is 2. The number of nitrogen functional groups attached to an aromatic ring is 1. The maximum atomic E-state index is 11.7. The fourth-order valence-corrected chi connectivity index (χ4v) is 5.30. The predicted molar refractivity (Wildman–Crippen MR) is 170 cm³/mol. The van der Waals surface area contributed by atoms with Crippen LogP contribution < -0.4 is 16.4 Å². The van der Waals surface area contributed by atoms with Crippen LogP contribution in [-0.4, -0.2) is 66.6 Å². The van der Waals surface area contributed by atoms with Gasteiger partial charge in [0, 0.05) is 43.6 Å². The van der Waals surface area contributed by atoms with E-state index in [9.17, 15) is 10.1 Å². The zero-order chi connectivity index (χ0) is 31.3. The van der Waals surface area contributed by atoms with Crippen molar-refractivity contribution < 1.29 is 19.0 Å². The van der Waals surface area contributed by atoms with Gasteiger partial charge >= 0.3 is 5.97 Å². The molecule has 3 heterocycles. The topological polar surface area (TPSA) is 144 Å². The lowest BCUT2D eigenvalue weighted by Crippen LogP contribution is -2.44. The van der Waals surface area contributed by atoms with Gasteiger partial charge in [0.15, 0.2) is 5.60 Å². The quantitative estimate of drug-likeness (QED) is 0.267. The first-order chi connectivity index (χ1) is 20.6. The molecule has 0 spiro atoms. The van der Waals surface area contributed by atoms with E-state index in [4.69, 9.17) is 31.5 Å². The third kappa shape index (κ3) is 10.9. The molecule has 4 rings (SSSR count). The lowest BCUT2D eigenvalue weighted by Gasteiger charge is -2.30. The van der Waals surface area contributed by atoms with Gasteiger partial charge in [0.1, 0.15) is 11.6 Å². The Balaban J connectivity index is 0.000000243. The number of esters is 1. The molecule has 1 atom stereocenters. The molecule has 2 aromatic rings. The van der Waals surface area contributed by atoms with Crippen molar-refractivity contribution >= 4 is 29.2 Å². The van der Waals surface area contributed by atoms with Gasteiger partial charge in [-0.05, 0) is 71.6 Å². The van der Waals surface area contributed by atoms with Crippen molar-refractivity contribution in [2.75, 3.05) is 44.0 Å². The number of hydrogen-bond acceptors (Lipinski definition) is 10. The van der Waals surface area contributed by atoms with E-state index in [1.54, 1.807) is 26.8 Å². The van der Waals surface area contributed by atoms with Crippen LogP contribution in [-0.2, 0) is 19.0 Å². The van der Waals surface area contributed by atoms with E-state index < -0.39 is 11.0 Å². The molecule has 0 radical (unpaired) electrons. The van der Waals surface area contributed by atoms with Gasteiger partial charge in [-0.25, -0.2) is 14.8 Å². The number of rotatable bonds is 11. The average Bonchev–Trinajstić information content (AvgIpc) is 3.02. The smallest absolute Gasteiger partial charge is 0.337 e. The van der Waals surface area contributed by atoms with Gasteiger partial charge < -0.3 is 30.6 Å².